The van der Waals surface area contributed by atoms with Crippen molar-refractivity contribution in [2.45, 2.75) is 12.2 Å². The van der Waals surface area contributed by atoms with Crippen LogP contribution in [0.3, 0.4) is 0 Å². The Kier molecular flexibility index (Phi) is 3.79. The zero-order valence-corrected chi connectivity index (χ0v) is 13.0. The van der Waals surface area contributed by atoms with Crippen molar-refractivity contribution in [1.82, 2.24) is 5.32 Å². The van der Waals surface area contributed by atoms with Gasteiger partial charge in [0.05, 0.1) is 23.3 Å². The van der Waals surface area contributed by atoms with E-state index in [4.69, 9.17) is 8.83 Å². The van der Waals surface area contributed by atoms with Gasteiger partial charge in [-0.25, -0.2) is 0 Å². The number of anilines is 1. The smallest absolute Gasteiger partial charge is 0.389 e. The zero-order chi connectivity index (χ0) is 17.2. The number of nitro groups is 1. The Labute approximate surface area is 142 Å². The van der Waals surface area contributed by atoms with Crippen LogP contribution in [0.15, 0.2) is 81.1 Å². The fraction of sp³-hybridized carbons (Fsp3) is 0.118. The second-order valence-corrected chi connectivity index (χ2v) is 5.43. The summed E-state index contributed by atoms with van der Waals surface area (Å²) in [6.45, 7) is 0. The highest BCUT2D eigenvalue weighted by Crippen LogP contribution is 2.33. The maximum atomic E-state index is 11.6. The largest absolute Gasteiger partial charge is 0.467 e. The Bertz CT molecular complexity index is 875. The summed E-state index contributed by atoms with van der Waals surface area (Å²) in [6, 6.07) is 15.3. The molecule has 1 N–H and O–H groups in total. The van der Waals surface area contributed by atoms with E-state index in [-0.39, 0.29) is 5.84 Å². The van der Waals surface area contributed by atoms with Crippen LogP contribution in [-0.4, -0.2) is 10.8 Å². The lowest BCUT2D eigenvalue weighted by Crippen LogP contribution is -2.47. The fourth-order valence-corrected chi connectivity index (χ4v) is 2.77. The predicted octanol–water partition coefficient (Wildman–Crippen LogP) is 3.31. The molecule has 2 atom stereocenters. The minimum Gasteiger partial charge on any atom is -0.467 e. The molecule has 0 saturated heterocycles. The fourth-order valence-electron chi connectivity index (χ4n) is 2.77. The second-order valence-electron chi connectivity index (χ2n) is 5.43. The van der Waals surface area contributed by atoms with Crippen molar-refractivity contribution in [3.8, 4) is 0 Å². The standard InChI is InChI=1S/C17H14N4O4/c22-21(23)17-15(13-8-4-10-24-13)18-16(14-9-5-11-25-14)20(19-17)12-6-2-1-3-7-12/h1-11,15-16,18H. The number of benzene rings is 1. The number of nitrogens with one attached hydrogen (secondary N) is 1. The molecular weight excluding hydrogens is 324 g/mol. The second kappa shape index (κ2) is 6.25. The monoisotopic (exact) mass is 338 g/mol. The third-order valence-electron chi connectivity index (χ3n) is 3.89. The number of nitrogens with zero attached hydrogens (tertiary/aromatic N) is 3. The molecule has 0 radical (unpaired) electrons. The van der Waals surface area contributed by atoms with Crippen LogP contribution in [0.2, 0.25) is 0 Å². The molecule has 1 aromatic carbocycles. The van der Waals surface area contributed by atoms with Gasteiger partial charge in [0, 0.05) is 0 Å². The topological polar surface area (TPSA) is 97.0 Å². The van der Waals surface area contributed by atoms with Gasteiger partial charge in [0.25, 0.3) is 0 Å². The summed E-state index contributed by atoms with van der Waals surface area (Å²) in [4.78, 5) is 11.1. The van der Waals surface area contributed by atoms with Gasteiger partial charge in [-0.3, -0.25) is 5.32 Å². The minimum absolute atomic E-state index is 0.249. The summed E-state index contributed by atoms with van der Waals surface area (Å²) in [7, 11) is 0. The summed E-state index contributed by atoms with van der Waals surface area (Å²) in [6.07, 6.45) is 2.51. The van der Waals surface area contributed by atoms with Crippen LogP contribution in [0.25, 0.3) is 0 Å². The molecule has 1 aliphatic rings. The van der Waals surface area contributed by atoms with Crippen LogP contribution < -0.4 is 10.3 Å². The molecule has 2 aromatic heterocycles. The predicted molar refractivity (Wildman–Crippen MR) is 89.4 cm³/mol. The van der Waals surface area contributed by atoms with Gasteiger partial charge in [-0.15, -0.1) is 5.01 Å². The maximum absolute atomic E-state index is 11.6. The SMILES string of the molecule is O=[N+]([O-])C1=NN(c2ccccc2)C(c2ccco2)NC1c1ccco1. The molecule has 1 aliphatic heterocycles. The van der Waals surface area contributed by atoms with Crippen LogP contribution in [0.5, 0.6) is 0 Å². The number of amidine groups is 1. The summed E-state index contributed by atoms with van der Waals surface area (Å²) in [5, 5.41) is 20.6. The molecule has 2 unspecified atom stereocenters. The molecule has 0 aliphatic carbocycles. The Morgan fingerprint density at radius 1 is 1.00 bits per heavy atom. The third kappa shape index (κ3) is 2.79. The van der Waals surface area contributed by atoms with E-state index in [0.29, 0.717) is 17.2 Å². The van der Waals surface area contributed by atoms with Crippen molar-refractivity contribution in [2.75, 3.05) is 5.01 Å². The molecule has 3 heterocycles. The molecule has 0 fully saturated rings. The van der Waals surface area contributed by atoms with E-state index >= 15 is 0 Å². The highest BCUT2D eigenvalue weighted by Gasteiger charge is 2.43. The molecule has 0 spiro atoms. The van der Waals surface area contributed by atoms with Gasteiger partial charge < -0.3 is 18.9 Å². The van der Waals surface area contributed by atoms with Crippen molar-refractivity contribution in [1.29, 1.82) is 0 Å². The minimum atomic E-state index is -0.792. The quantitative estimate of drug-likeness (QED) is 0.581. The Hall–Kier alpha value is -3.39. The van der Waals surface area contributed by atoms with E-state index in [1.807, 2.05) is 30.3 Å². The lowest BCUT2D eigenvalue weighted by Gasteiger charge is -2.30. The van der Waals surface area contributed by atoms with Gasteiger partial charge in [-0.1, -0.05) is 18.2 Å². The molecule has 8 heteroatoms. The summed E-state index contributed by atoms with van der Waals surface area (Å²) in [5.74, 6) is 0.757. The van der Waals surface area contributed by atoms with Crippen LogP contribution in [0.4, 0.5) is 5.69 Å². The molecule has 126 valence electrons. The molecule has 0 bridgehead atoms. The molecular formula is C17H14N4O4. The highest BCUT2D eigenvalue weighted by atomic mass is 16.6. The third-order valence-corrected chi connectivity index (χ3v) is 3.89. The van der Waals surface area contributed by atoms with E-state index in [1.54, 1.807) is 30.5 Å². The number of hydrogen-bond donors (Lipinski definition) is 1. The van der Waals surface area contributed by atoms with Crippen molar-refractivity contribution < 1.29 is 13.8 Å². The van der Waals surface area contributed by atoms with Gasteiger partial charge in [0.1, 0.15) is 11.5 Å². The highest BCUT2D eigenvalue weighted by molar-refractivity contribution is 5.83. The molecule has 25 heavy (non-hydrogen) atoms. The summed E-state index contributed by atoms with van der Waals surface area (Å²) >= 11 is 0. The van der Waals surface area contributed by atoms with E-state index in [1.165, 1.54) is 11.3 Å². The van der Waals surface area contributed by atoms with Gasteiger partial charge >= 0.3 is 5.84 Å². The van der Waals surface area contributed by atoms with E-state index < -0.39 is 17.1 Å². The number of furan rings is 2. The first-order valence-corrected chi connectivity index (χ1v) is 7.64. The first-order chi connectivity index (χ1) is 12.2. The first-order valence-electron chi connectivity index (χ1n) is 7.64. The molecule has 0 saturated carbocycles. The van der Waals surface area contributed by atoms with Crippen molar-refractivity contribution >= 4 is 11.5 Å². The zero-order valence-electron chi connectivity index (χ0n) is 13.0. The first kappa shape index (κ1) is 15.2. The van der Waals surface area contributed by atoms with Gasteiger partial charge in [0.15, 0.2) is 12.2 Å². The Morgan fingerprint density at radius 2 is 1.68 bits per heavy atom. The normalized spacial score (nSPS) is 20.3. The average molecular weight is 338 g/mol. The molecule has 8 nitrogen and oxygen atoms in total. The Balaban J connectivity index is 1.83. The molecule has 4 rings (SSSR count). The molecule has 0 amide bonds. The van der Waals surface area contributed by atoms with Crippen LogP contribution in [0, 0.1) is 10.1 Å². The maximum Gasteiger partial charge on any atom is 0.389 e. The van der Waals surface area contributed by atoms with Gasteiger partial charge in [-0.2, -0.15) is 0 Å². The lowest BCUT2D eigenvalue weighted by atomic mass is 10.1. The van der Waals surface area contributed by atoms with Crippen LogP contribution in [-0.2, 0) is 0 Å². The van der Waals surface area contributed by atoms with Crippen molar-refractivity contribution in [3.63, 3.8) is 0 Å². The summed E-state index contributed by atoms with van der Waals surface area (Å²) < 4.78 is 10.9. The number of hydrazone groups is 1. The number of para-hydroxylation sites is 1. The summed E-state index contributed by atoms with van der Waals surface area (Å²) in [5.41, 5.74) is 0.702. The average Bonchev–Trinajstić information content (AvgIpc) is 3.35. The lowest BCUT2D eigenvalue weighted by molar-refractivity contribution is -0.356. The van der Waals surface area contributed by atoms with Crippen molar-refractivity contribution in [3.05, 3.63) is 88.8 Å². The van der Waals surface area contributed by atoms with Gasteiger partial charge in [-0.05, 0) is 41.3 Å². The van der Waals surface area contributed by atoms with Crippen LogP contribution >= 0.6 is 0 Å². The number of rotatable bonds is 3. The van der Waals surface area contributed by atoms with Crippen LogP contribution in [0.1, 0.15) is 23.7 Å². The van der Waals surface area contributed by atoms with E-state index in [2.05, 4.69) is 10.4 Å². The van der Waals surface area contributed by atoms with E-state index in [0.717, 1.165) is 0 Å². The van der Waals surface area contributed by atoms with Gasteiger partial charge in [0.2, 0.25) is 0 Å². The number of hydrogen-bond acceptors (Lipinski definition) is 7. The Morgan fingerprint density at radius 3 is 2.28 bits per heavy atom. The van der Waals surface area contributed by atoms with E-state index in [9.17, 15) is 10.1 Å². The van der Waals surface area contributed by atoms with Crippen molar-refractivity contribution in [2.24, 2.45) is 5.10 Å². The molecule has 3 aromatic rings.